The van der Waals surface area contributed by atoms with Crippen molar-refractivity contribution in [2.45, 2.75) is 33.3 Å². The third-order valence-corrected chi connectivity index (χ3v) is 3.33. The first kappa shape index (κ1) is 14.0. The van der Waals surface area contributed by atoms with Crippen molar-refractivity contribution < 1.29 is 9.53 Å². The Morgan fingerprint density at radius 1 is 1.42 bits per heavy atom. The van der Waals surface area contributed by atoms with E-state index in [1.165, 1.54) is 0 Å². The molecule has 19 heavy (non-hydrogen) atoms. The fourth-order valence-corrected chi connectivity index (χ4v) is 2.20. The molecule has 0 saturated heterocycles. The van der Waals surface area contributed by atoms with Crippen LogP contribution in [0.25, 0.3) is 0 Å². The van der Waals surface area contributed by atoms with Crippen LogP contribution >= 0.6 is 11.6 Å². The number of anilines is 2. The topological polar surface area (TPSA) is 41.6 Å². The average Bonchev–Trinajstić information content (AvgIpc) is 2.31. The zero-order valence-corrected chi connectivity index (χ0v) is 12.5. The number of carbonyl (C=O) groups excluding carboxylic acids is 1. The lowest BCUT2D eigenvalue weighted by Crippen LogP contribution is -2.42. The first-order chi connectivity index (χ1) is 8.79. The van der Waals surface area contributed by atoms with E-state index in [0.29, 0.717) is 18.1 Å². The molecule has 0 aromatic heterocycles. The Bertz CT molecular complexity index is 509. The number of carbonyl (C=O) groups is 1. The minimum Gasteiger partial charge on any atom is -0.443 e. The Balaban J connectivity index is 2.33. The third-order valence-electron chi connectivity index (χ3n) is 2.92. The second-order valence-electron chi connectivity index (χ2n) is 5.63. The van der Waals surface area contributed by atoms with Crippen LogP contribution in [0.15, 0.2) is 12.1 Å². The van der Waals surface area contributed by atoms with Gasteiger partial charge in [-0.1, -0.05) is 11.6 Å². The monoisotopic (exact) mass is 282 g/mol. The minimum atomic E-state index is -0.496. The van der Waals surface area contributed by atoms with Crippen molar-refractivity contribution in [2.24, 2.45) is 0 Å². The summed E-state index contributed by atoms with van der Waals surface area (Å²) in [5.41, 5.74) is 2.18. The van der Waals surface area contributed by atoms with Crippen LogP contribution in [0.2, 0.25) is 5.02 Å². The number of amides is 1. The molecule has 1 aliphatic rings. The molecule has 5 heteroatoms. The van der Waals surface area contributed by atoms with Crippen LogP contribution in [0.5, 0.6) is 0 Å². The van der Waals surface area contributed by atoms with Crippen LogP contribution in [0.1, 0.15) is 26.3 Å². The minimum absolute atomic E-state index is 0.322. The van der Waals surface area contributed by atoms with Gasteiger partial charge >= 0.3 is 6.09 Å². The van der Waals surface area contributed by atoms with Crippen LogP contribution in [0.4, 0.5) is 16.2 Å². The largest absolute Gasteiger partial charge is 0.443 e. The molecule has 1 amide bonds. The highest BCUT2D eigenvalue weighted by Crippen LogP contribution is 2.36. The third kappa shape index (κ3) is 2.95. The van der Waals surface area contributed by atoms with Gasteiger partial charge in [-0.05, 0) is 45.4 Å². The number of hydrogen-bond donors (Lipinski definition) is 1. The summed E-state index contributed by atoms with van der Waals surface area (Å²) in [5, 5.41) is 3.98. The molecule has 0 unspecified atom stereocenters. The molecule has 2 rings (SSSR count). The zero-order chi connectivity index (χ0) is 14.2. The number of benzene rings is 1. The van der Waals surface area contributed by atoms with Crippen LogP contribution in [-0.4, -0.2) is 24.8 Å². The Labute approximate surface area is 118 Å². The fraction of sp³-hybridized carbons (Fsp3) is 0.500. The van der Waals surface area contributed by atoms with Crippen LogP contribution in [-0.2, 0) is 4.74 Å². The lowest BCUT2D eigenvalue weighted by molar-refractivity contribution is 0.0581. The molecule has 1 N–H and O–H groups in total. The van der Waals surface area contributed by atoms with Gasteiger partial charge in [0.05, 0.1) is 11.4 Å². The van der Waals surface area contributed by atoms with Crippen molar-refractivity contribution in [3.63, 3.8) is 0 Å². The van der Waals surface area contributed by atoms with Crippen molar-refractivity contribution in [3.8, 4) is 0 Å². The summed E-state index contributed by atoms with van der Waals surface area (Å²) in [6, 6.07) is 3.65. The van der Waals surface area contributed by atoms with E-state index in [4.69, 9.17) is 16.3 Å². The number of hydrogen-bond acceptors (Lipinski definition) is 3. The summed E-state index contributed by atoms with van der Waals surface area (Å²) in [7, 11) is 0. The highest BCUT2D eigenvalue weighted by Gasteiger charge is 2.28. The lowest BCUT2D eigenvalue weighted by atomic mass is 10.1. The highest BCUT2D eigenvalue weighted by molar-refractivity contribution is 6.32. The highest BCUT2D eigenvalue weighted by atomic mass is 35.5. The fourth-order valence-electron chi connectivity index (χ4n) is 2.04. The van der Waals surface area contributed by atoms with Crippen LogP contribution < -0.4 is 10.2 Å². The van der Waals surface area contributed by atoms with Gasteiger partial charge in [-0.25, -0.2) is 4.79 Å². The maximum absolute atomic E-state index is 12.2. The molecule has 104 valence electrons. The van der Waals surface area contributed by atoms with E-state index in [0.717, 1.165) is 16.9 Å². The van der Waals surface area contributed by atoms with Gasteiger partial charge in [-0.3, -0.25) is 4.90 Å². The first-order valence-corrected chi connectivity index (χ1v) is 6.71. The van der Waals surface area contributed by atoms with Gasteiger partial charge in [0.1, 0.15) is 5.60 Å². The smallest absolute Gasteiger partial charge is 0.414 e. The normalized spacial score (nSPS) is 14.7. The van der Waals surface area contributed by atoms with E-state index in [1.807, 2.05) is 33.8 Å². The molecule has 0 radical (unpaired) electrons. The maximum Gasteiger partial charge on any atom is 0.414 e. The summed E-state index contributed by atoms with van der Waals surface area (Å²) in [6.45, 7) is 8.80. The Hall–Kier alpha value is -1.42. The maximum atomic E-state index is 12.2. The first-order valence-electron chi connectivity index (χ1n) is 6.33. The Kier molecular flexibility index (Phi) is 3.63. The number of nitrogens with zero attached hydrogens (tertiary/aromatic N) is 1. The summed E-state index contributed by atoms with van der Waals surface area (Å²) in [6.07, 6.45) is -0.322. The summed E-state index contributed by atoms with van der Waals surface area (Å²) < 4.78 is 5.43. The van der Waals surface area contributed by atoms with Crippen molar-refractivity contribution >= 4 is 29.1 Å². The Morgan fingerprint density at radius 2 is 2.11 bits per heavy atom. The average molecular weight is 283 g/mol. The summed E-state index contributed by atoms with van der Waals surface area (Å²) in [5.74, 6) is 0. The van der Waals surface area contributed by atoms with Crippen LogP contribution in [0.3, 0.4) is 0 Å². The van der Waals surface area contributed by atoms with Crippen molar-refractivity contribution in [2.75, 3.05) is 23.3 Å². The molecule has 1 aliphatic heterocycles. The number of nitrogens with one attached hydrogen (secondary N) is 1. The van der Waals surface area contributed by atoms with Gasteiger partial charge in [-0.15, -0.1) is 0 Å². The van der Waals surface area contributed by atoms with Gasteiger partial charge in [0, 0.05) is 18.1 Å². The van der Waals surface area contributed by atoms with Gasteiger partial charge in [0.2, 0.25) is 0 Å². The van der Waals surface area contributed by atoms with Gasteiger partial charge in [0.15, 0.2) is 0 Å². The van der Waals surface area contributed by atoms with Crippen molar-refractivity contribution in [1.82, 2.24) is 0 Å². The van der Waals surface area contributed by atoms with Crippen molar-refractivity contribution in [3.05, 3.63) is 22.7 Å². The lowest BCUT2D eigenvalue weighted by Gasteiger charge is -2.33. The quantitative estimate of drug-likeness (QED) is 0.786. The van der Waals surface area contributed by atoms with Crippen LogP contribution in [0, 0.1) is 6.92 Å². The standard InChI is InChI=1S/C14H19ClN2O2/c1-9-10(15)5-6-11-12(9)16-7-8-17(11)13(18)19-14(2,3)4/h5-6,16H,7-8H2,1-4H3. The number of halogens is 1. The molecule has 0 fully saturated rings. The molecule has 0 bridgehead atoms. The molecule has 0 atom stereocenters. The zero-order valence-electron chi connectivity index (χ0n) is 11.7. The van der Waals surface area contributed by atoms with Crippen molar-refractivity contribution in [1.29, 1.82) is 0 Å². The Morgan fingerprint density at radius 3 is 2.74 bits per heavy atom. The SMILES string of the molecule is Cc1c(Cl)ccc2c1NCCN2C(=O)OC(C)(C)C. The number of rotatable bonds is 0. The molecule has 0 saturated carbocycles. The van der Waals surface area contributed by atoms with Gasteiger partial charge in [-0.2, -0.15) is 0 Å². The summed E-state index contributed by atoms with van der Waals surface area (Å²) >= 11 is 6.10. The predicted octanol–water partition coefficient (Wildman–Crippen LogP) is 3.82. The molecule has 1 aromatic rings. The number of ether oxygens (including phenoxy) is 1. The molecule has 1 aromatic carbocycles. The van der Waals surface area contributed by atoms with E-state index < -0.39 is 5.60 Å². The molecule has 4 nitrogen and oxygen atoms in total. The second kappa shape index (κ2) is 4.93. The van der Waals surface area contributed by atoms with E-state index >= 15 is 0 Å². The molecule has 1 heterocycles. The molecular formula is C14H19ClN2O2. The second-order valence-corrected chi connectivity index (χ2v) is 6.03. The summed E-state index contributed by atoms with van der Waals surface area (Å²) in [4.78, 5) is 13.9. The van der Waals surface area contributed by atoms with E-state index in [-0.39, 0.29) is 6.09 Å². The predicted molar refractivity (Wildman–Crippen MR) is 78.3 cm³/mol. The molecule has 0 aliphatic carbocycles. The molecule has 0 spiro atoms. The van der Waals surface area contributed by atoms with E-state index in [1.54, 1.807) is 11.0 Å². The van der Waals surface area contributed by atoms with E-state index in [9.17, 15) is 4.79 Å². The van der Waals surface area contributed by atoms with Gasteiger partial charge in [0.25, 0.3) is 0 Å². The van der Waals surface area contributed by atoms with Gasteiger partial charge < -0.3 is 10.1 Å². The number of fused-ring (bicyclic) bond motifs is 1. The van der Waals surface area contributed by atoms with E-state index in [2.05, 4.69) is 5.32 Å². The molecular weight excluding hydrogens is 264 g/mol.